The van der Waals surface area contributed by atoms with Crippen molar-refractivity contribution >= 4 is 33.2 Å². The van der Waals surface area contributed by atoms with Crippen LogP contribution in [0.3, 0.4) is 0 Å². The van der Waals surface area contributed by atoms with E-state index in [1.54, 1.807) is 0 Å². The Bertz CT molecular complexity index is 555. The highest BCUT2D eigenvalue weighted by Crippen LogP contribution is 2.35. The fraction of sp³-hybridized carbons (Fsp3) is 0.500. The van der Waals surface area contributed by atoms with Gasteiger partial charge >= 0.3 is 0 Å². The van der Waals surface area contributed by atoms with E-state index in [0.717, 1.165) is 0 Å². The first-order chi connectivity index (χ1) is 9.25. The first kappa shape index (κ1) is 13.5. The lowest BCUT2D eigenvalue weighted by Crippen LogP contribution is -2.35. The summed E-state index contributed by atoms with van der Waals surface area (Å²) in [5.74, 6) is 2.61. The van der Waals surface area contributed by atoms with Gasteiger partial charge in [0, 0.05) is 27.4 Å². The highest BCUT2D eigenvalue weighted by molar-refractivity contribution is 7.99. The Kier molecular flexibility index (Phi) is 4.15. The number of nitrogens with one attached hydrogen (secondary N) is 1. The predicted octanol–water partition coefficient (Wildman–Crippen LogP) is 4.76. The van der Waals surface area contributed by atoms with Crippen LogP contribution in [0, 0.1) is 6.92 Å². The zero-order valence-electron chi connectivity index (χ0n) is 11.6. The summed E-state index contributed by atoms with van der Waals surface area (Å²) in [6, 6.07) is 9.92. The summed E-state index contributed by atoms with van der Waals surface area (Å²) in [6.07, 6.45) is 2.70. The summed E-state index contributed by atoms with van der Waals surface area (Å²) < 4.78 is 1.42. The minimum absolute atomic E-state index is 0.473. The van der Waals surface area contributed by atoms with Gasteiger partial charge in [-0.3, -0.25) is 0 Å². The zero-order valence-corrected chi connectivity index (χ0v) is 13.2. The van der Waals surface area contributed by atoms with Gasteiger partial charge in [-0.25, -0.2) is 0 Å². The Morgan fingerprint density at radius 2 is 2.16 bits per heavy atom. The summed E-state index contributed by atoms with van der Waals surface area (Å²) in [5, 5.41) is 5.25. The van der Waals surface area contributed by atoms with Crippen molar-refractivity contribution in [3.63, 3.8) is 0 Å². The number of hydrogen-bond donors (Lipinski definition) is 1. The van der Waals surface area contributed by atoms with Crippen LogP contribution in [-0.4, -0.2) is 17.5 Å². The molecule has 1 fully saturated rings. The van der Waals surface area contributed by atoms with E-state index in [2.05, 4.69) is 55.2 Å². The van der Waals surface area contributed by atoms with Crippen LogP contribution in [0.4, 0.5) is 0 Å². The number of thioether (sulfide) groups is 1. The summed E-state index contributed by atoms with van der Waals surface area (Å²) >= 11 is 4.04. The summed E-state index contributed by atoms with van der Waals surface area (Å²) in [6.45, 7) is 4.58. The van der Waals surface area contributed by atoms with Crippen LogP contribution >= 0.6 is 23.1 Å². The molecule has 0 saturated carbocycles. The molecule has 1 saturated heterocycles. The first-order valence-electron chi connectivity index (χ1n) is 7.07. The molecule has 102 valence electrons. The Morgan fingerprint density at radius 1 is 1.32 bits per heavy atom. The van der Waals surface area contributed by atoms with Crippen molar-refractivity contribution in [3.8, 4) is 0 Å². The van der Waals surface area contributed by atoms with Crippen LogP contribution in [0.1, 0.15) is 36.2 Å². The SMILES string of the molecule is Cc1c(C(C)NC2CCCSC2)sc2ccccc12. The second kappa shape index (κ2) is 5.86. The first-order valence-corrected chi connectivity index (χ1v) is 9.04. The van der Waals surface area contributed by atoms with Gasteiger partial charge in [0.2, 0.25) is 0 Å². The highest BCUT2D eigenvalue weighted by atomic mass is 32.2. The van der Waals surface area contributed by atoms with Gasteiger partial charge < -0.3 is 5.32 Å². The number of fused-ring (bicyclic) bond motifs is 1. The van der Waals surface area contributed by atoms with Gasteiger partial charge in [-0.15, -0.1) is 11.3 Å². The Labute approximate surface area is 123 Å². The molecule has 0 amide bonds. The summed E-state index contributed by atoms with van der Waals surface area (Å²) in [5.41, 5.74) is 1.46. The minimum atomic E-state index is 0.473. The molecule has 1 aliphatic heterocycles. The topological polar surface area (TPSA) is 12.0 Å². The Hall–Kier alpha value is -0.510. The van der Waals surface area contributed by atoms with E-state index in [9.17, 15) is 0 Å². The van der Waals surface area contributed by atoms with E-state index in [-0.39, 0.29) is 0 Å². The van der Waals surface area contributed by atoms with Gasteiger partial charge in [-0.1, -0.05) is 18.2 Å². The van der Waals surface area contributed by atoms with Crippen LogP contribution in [0.15, 0.2) is 24.3 Å². The molecule has 0 bridgehead atoms. The molecule has 2 heterocycles. The summed E-state index contributed by atoms with van der Waals surface area (Å²) in [7, 11) is 0. The van der Waals surface area contributed by atoms with Gasteiger partial charge in [0.15, 0.2) is 0 Å². The smallest absolute Gasteiger partial charge is 0.0391 e. The Morgan fingerprint density at radius 3 is 2.89 bits per heavy atom. The van der Waals surface area contributed by atoms with Crippen LogP contribution in [0.25, 0.3) is 10.1 Å². The lowest BCUT2D eigenvalue weighted by atomic mass is 10.1. The number of thiophene rings is 1. The zero-order chi connectivity index (χ0) is 13.2. The van der Waals surface area contributed by atoms with Crippen molar-refractivity contribution in [2.24, 2.45) is 0 Å². The van der Waals surface area contributed by atoms with Crippen LogP contribution in [0.2, 0.25) is 0 Å². The molecule has 1 aromatic heterocycles. The van der Waals surface area contributed by atoms with Gasteiger partial charge in [-0.05, 0) is 49.5 Å². The highest BCUT2D eigenvalue weighted by Gasteiger charge is 2.19. The monoisotopic (exact) mass is 291 g/mol. The van der Waals surface area contributed by atoms with Crippen molar-refractivity contribution in [2.75, 3.05) is 11.5 Å². The molecular weight excluding hydrogens is 270 g/mol. The van der Waals surface area contributed by atoms with Crippen molar-refractivity contribution in [3.05, 3.63) is 34.7 Å². The third-order valence-electron chi connectivity index (χ3n) is 3.92. The summed E-state index contributed by atoms with van der Waals surface area (Å²) in [4.78, 5) is 1.51. The minimum Gasteiger partial charge on any atom is -0.306 e. The maximum Gasteiger partial charge on any atom is 0.0391 e. The molecule has 3 heteroatoms. The average molecular weight is 291 g/mol. The molecular formula is C16H21NS2. The van der Waals surface area contributed by atoms with E-state index in [0.29, 0.717) is 12.1 Å². The van der Waals surface area contributed by atoms with Crippen LogP contribution < -0.4 is 5.32 Å². The van der Waals surface area contributed by atoms with Crippen LogP contribution in [-0.2, 0) is 0 Å². The van der Waals surface area contributed by atoms with E-state index in [4.69, 9.17) is 0 Å². The van der Waals surface area contributed by atoms with Crippen molar-refractivity contribution in [1.82, 2.24) is 5.32 Å². The maximum atomic E-state index is 3.83. The number of rotatable bonds is 3. The molecule has 0 aliphatic carbocycles. The van der Waals surface area contributed by atoms with Crippen molar-refractivity contribution in [1.29, 1.82) is 0 Å². The molecule has 0 spiro atoms. The lowest BCUT2D eigenvalue weighted by Gasteiger charge is -2.26. The third-order valence-corrected chi connectivity index (χ3v) is 6.59. The quantitative estimate of drug-likeness (QED) is 0.875. The molecule has 1 N–H and O–H groups in total. The number of hydrogen-bond acceptors (Lipinski definition) is 3. The molecule has 3 rings (SSSR count). The van der Waals surface area contributed by atoms with Crippen molar-refractivity contribution in [2.45, 2.75) is 38.8 Å². The molecule has 1 aliphatic rings. The van der Waals surface area contributed by atoms with Gasteiger partial charge in [0.25, 0.3) is 0 Å². The molecule has 2 aromatic rings. The molecule has 19 heavy (non-hydrogen) atoms. The van der Waals surface area contributed by atoms with Gasteiger partial charge in [-0.2, -0.15) is 11.8 Å². The average Bonchev–Trinajstić information content (AvgIpc) is 2.78. The van der Waals surface area contributed by atoms with Crippen molar-refractivity contribution < 1.29 is 0 Å². The van der Waals surface area contributed by atoms with E-state index in [1.807, 2.05) is 11.3 Å². The van der Waals surface area contributed by atoms with Crippen LogP contribution in [0.5, 0.6) is 0 Å². The Balaban J connectivity index is 1.80. The van der Waals surface area contributed by atoms with E-state index in [1.165, 1.54) is 44.9 Å². The third kappa shape index (κ3) is 2.83. The largest absolute Gasteiger partial charge is 0.306 e. The molecule has 1 nitrogen and oxygen atoms in total. The second-order valence-corrected chi connectivity index (χ2v) is 7.62. The molecule has 1 aromatic carbocycles. The molecule has 2 unspecified atom stereocenters. The van der Waals surface area contributed by atoms with E-state index < -0.39 is 0 Å². The fourth-order valence-electron chi connectivity index (χ4n) is 2.91. The maximum absolute atomic E-state index is 3.83. The van der Waals surface area contributed by atoms with E-state index >= 15 is 0 Å². The molecule has 2 atom stereocenters. The standard InChI is InChI=1S/C16H21NS2/c1-11-14-7-3-4-8-15(14)19-16(11)12(2)17-13-6-5-9-18-10-13/h3-4,7-8,12-13,17H,5-6,9-10H2,1-2H3. The normalized spacial score (nSPS) is 21.7. The predicted molar refractivity (Wildman–Crippen MR) is 88.5 cm³/mol. The second-order valence-electron chi connectivity index (χ2n) is 5.39. The lowest BCUT2D eigenvalue weighted by molar-refractivity contribution is 0.456. The number of aryl methyl sites for hydroxylation is 1. The van der Waals surface area contributed by atoms with Gasteiger partial charge in [0.1, 0.15) is 0 Å². The van der Waals surface area contributed by atoms with Gasteiger partial charge in [0.05, 0.1) is 0 Å². The molecule has 0 radical (unpaired) electrons. The number of benzene rings is 1. The fourth-order valence-corrected chi connectivity index (χ4v) is 5.22.